The molecule has 90 valence electrons. The summed E-state index contributed by atoms with van der Waals surface area (Å²) in [5.41, 5.74) is 0.465. The maximum atomic E-state index is 13.5. The van der Waals surface area contributed by atoms with Crippen LogP contribution in [0.5, 0.6) is 5.75 Å². The van der Waals surface area contributed by atoms with E-state index in [4.69, 9.17) is 14.9 Å². The molecule has 0 amide bonds. The predicted molar refractivity (Wildman–Crippen MR) is 57.8 cm³/mol. The Morgan fingerprint density at radius 3 is 2.56 bits per heavy atom. The zero-order valence-corrected chi connectivity index (χ0v) is 9.11. The third-order valence-electron chi connectivity index (χ3n) is 2.28. The summed E-state index contributed by atoms with van der Waals surface area (Å²) >= 11 is 0. The highest BCUT2D eigenvalue weighted by atomic mass is 19.1. The van der Waals surface area contributed by atoms with Crippen molar-refractivity contribution in [3.05, 3.63) is 29.6 Å². The summed E-state index contributed by atoms with van der Waals surface area (Å²) in [5.74, 6) is 0.0867. The van der Waals surface area contributed by atoms with Crippen LogP contribution in [0.25, 0.3) is 0 Å². The number of rotatable bonds is 6. The maximum Gasteiger partial charge on any atom is 0.131 e. The van der Waals surface area contributed by atoms with Crippen LogP contribution in [0.1, 0.15) is 5.56 Å². The van der Waals surface area contributed by atoms with Gasteiger partial charge < -0.3 is 20.3 Å². The van der Waals surface area contributed by atoms with Gasteiger partial charge in [0.1, 0.15) is 11.6 Å². The molecule has 0 atom stereocenters. The molecule has 0 aromatic heterocycles. The number of benzene rings is 1. The molecule has 1 aromatic carbocycles. The van der Waals surface area contributed by atoms with Gasteiger partial charge in [-0.2, -0.15) is 0 Å². The van der Waals surface area contributed by atoms with Crippen LogP contribution in [0, 0.1) is 5.82 Å². The summed E-state index contributed by atoms with van der Waals surface area (Å²) in [6.07, 6.45) is 0. The monoisotopic (exact) mass is 229 g/mol. The zero-order valence-electron chi connectivity index (χ0n) is 9.11. The Balaban J connectivity index is 2.60. The number of halogens is 1. The van der Waals surface area contributed by atoms with Crippen LogP contribution < -0.4 is 10.1 Å². The van der Waals surface area contributed by atoms with Crippen LogP contribution in [0.2, 0.25) is 0 Å². The number of aliphatic hydroxyl groups is 2. The molecule has 0 radical (unpaired) electrons. The van der Waals surface area contributed by atoms with Gasteiger partial charge in [0.15, 0.2) is 0 Å². The van der Waals surface area contributed by atoms with Crippen molar-refractivity contribution >= 4 is 0 Å². The van der Waals surface area contributed by atoms with Crippen LogP contribution in [0.3, 0.4) is 0 Å². The van der Waals surface area contributed by atoms with E-state index in [1.54, 1.807) is 12.1 Å². The third kappa shape index (κ3) is 3.44. The van der Waals surface area contributed by atoms with E-state index in [0.29, 0.717) is 11.3 Å². The first kappa shape index (κ1) is 12.9. The van der Waals surface area contributed by atoms with Gasteiger partial charge in [0.05, 0.1) is 26.4 Å². The summed E-state index contributed by atoms with van der Waals surface area (Å²) in [6, 6.07) is 4.13. The average Bonchev–Trinajstić information content (AvgIpc) is 2.32. The van der Waals surface area contributed by atoms with Gasteiger partial charge in [0.2, 0.25) is 0 Å². The van der Waals surface area contributed by atoms with E-state index in [-0.39, 0.29) is 25.6 Å². The molecule has 0 saturated carbocycles. The van der Waals surface area contributed by atoms with Gasteiger partial charge in [-0.05, 0) is 6.07 Å². The van der Waals surface area contributed by atoms with E-state index in [1.165, 1.54) is 13.2 Å². The zero-order chi connectivity index (χ0) is 12.0. The topological polar surface area (TPSA) is 61.7 Å². The molecule has 0 spiro atoms. The Kier molecular flexibility index (Phi) is 5.18. The van der Waals surface area contributed by atoms with Gasteiger partial charge in [-0.15, -0.1) is 0 Å². The molecule has 4 nitrogen and oxygen atoms in total. The molecule has 3 N–H and O–H groups in total. The van der Waals surface area contributed by atoms with Crippen LogP contribution in [-0.4, -0.2) is 36.6 Å². The van der Waals surface area contributed by atoms with Crippen molar-refractivity contribution in [1.29, 1.82) is 0 Å². The fourth-order valence-corrected chi connectivity index (χ4v) is 1.24. The molecule has 1 aromatic rings. The lowest BCUT2D eigenvalue weighted by Crippen LogP contribution is -2.35. The lowest BCUT2D eigenvalue weighted by molar-refractivity contribution is 0.170. The van der Waals surface area contributed by atoms with Crippen LogP contribution >= 0.6 is 0 Å². The summed E-state index contributed by atoms with van der Waals surface area (Å²) < 4.78 is 18.3. The number of ether oxygens (including phenoxy) is 1. The molecule has 0 saturated heterocycles. The van der Waals surface area contributed by atoms with Crippen LogP contribution in [0.4, 0.5) is 4.39 Å². The third-order valence-corrected chi connectivity index (χ3v) is 2.28. The molecule has 0 aliphatic carbocycles. The van der Waals surface area contributed by atoms with Gasteiger partial charge in [-0.25, -0.2) is 4.39 Å². The Bertz CT molecular complexity index is 329. The SMILES string of the molecule is COc1ccc(CNC(CO)CO)c(F)c1. The fourth-order valence-electron chi connectivity index (χ4n) is 1.24. The van der Waals surface area contributed by atoms with Gasteiger partial charge in [0.25, 0.3) is 0 Å². The standard InChI is InChI=1S/C11H16FNO3/c1-16-10-3-2-8(11(12)4-10)5-13-9(6-14)7-15/h2-4,9,13-15H,5-7H2,1H3. The van der Waals surface area contributed by atoms with Crippen molar-refractivity contribution in [3.63, 3.8) is 0 Å². The van der Waals surface area contributed by atoms with Gasteiger partial charge in [-0.1, -0.05) is 6.07 Å². The normalized spacial score (nSPS) is 10.8. The summed E-state index contributed by atoms with van der Waals surface area (Å²) in [7, 11) is 1.47. The van der Waals surface area contributed by atoms with Crippen molar-refractivity contribution in [3.8, 4) is 5.75 Å². The van der Waals surface area contributed by atoms with Gasteiger partial charge >= 0.3 is 0 Å². The highest BCUT2D eigenvalue weighted by Crippen LogP contribution is 2.15. The number of aliphatic hydroxyl groups excluding tert-OH is 2. The lowest BCUT2D eigenvalue weighted by atomic mass is 10.2. The summed E-state index contributed by atoms with van der Waals surface area (Å²) in [4.78, 5) is 0. The molecule has 0 aliphatic rings. The van der Waals surface area contributed by atoms with Crippen molar-refractivity contribution in [1.82, 2.24) is 5.32 Å². The molecule has 1 rings (SSSR count). The van der Waals surface area contributed by atoms with E-state index in [2.05, 4.69) is 5.32 Å². The molecule has 0 aliphatic heterocycles. The van der Waals surface area contributed by atoms with Crippen molar-refractivity contribution in [2.45, 2.75) is 12.6 Å². The van der Waals surface area contributed by atoms with Crippen molar-refractivity contribution in [2.75, 3.05) is 20.3 Å². The summed E-state index contributed by atoms with van der Waals surface area (Å²) in [6.45, 7) is -0.121. The Hall–Kier alpha value is -1.17. The minimum Gasteiger partial charge on any atom is -0.497 e. The molecule has 16 heavy (non-hydrogen) atoms. The Morgan fingerprint density at radius 2 is 2.06 bits per heavy atom. The summed E-state index contributed by atoms with van der Waals surface area (Å²) in [5, 5.41) is 20.5. The number of hydrogen-bond donors (Lipinski definition) is 3. The minimum absolute atomic E-state index is 0.186. The first-order valence-corrected chi connectivity index (χ1v) is 4.98. The molecule has 5 heteroatoms. The first-order chi connectivity index (χ1) is 7.71. The molecular formula is C11H16FNO3. The number of nitrogens with one attached hydrogen (secondary N) is 1. The van der Waals surface area contributed by atoms with E-state index in [0.717, 1.165) is 0 Å². The van der Waals surface area contributed by atoms with E-state index in [1.807, 2.05) is 0 Å². The largest absolute Gasteiger partial charge is 0.497 e. The van der Waals surface area contributed by atoms with Crippen LogP contribution in [0.15, 0.2) is 18.2 Å². The van der Waals surface area contributed by atoms with E-state index in [9.17, 15) is 4.39 Å². The second-order valence-corrected chi connectivity index (χ2v) is 3.40. The fraction of sp³-hybridized carbons (Fsp3) is 0.455. The molecule has 0 fully saturated rings. The lowest BCUT2D eigenvalue weighted by Gasteiger charge is -2.13. The average molecular weight is 229 g/mol. The second kappa shape index (κ2) is 6.42. The second-order valence-electron chi connectivity index (χ2n) is 3.40. The predicted octanol–water partition coefficient (Wildman–Crippen LogP) is 0.277. The van der Waals surface area contributed by atoms with Crippen LogP contribution in [-0.2, 0) is 6.54 Å². The molecular weight excluding hydrogens is 213 g/mol. The number of methoxy groups -OCH3 is 1. The van der Waals surface area contributed by atoms with E-state index < -0.39 is 6.04 Å². The first-order valence-electron chi connectivity index (χ1n) is 4.98. The van der Waals surface area contributed by atoms with Crippen molar-refractivity contribution < 1.29 is 19.3 Å². The smallest absolute Gasteiger partial charge is 0.131 e. The van der Waals surface area contributed by atoms with Gasteiger partial charge in [-0.3, -0.25) is 0 Å². The molecule has 0 heterocycles. The van der Waals surface area contributed by atoms with Crippen molar-refractivity contribution in [2.24, 2.45) is 0 Å². The Labute approximate surface area is 93.7 Å². The quantitative estimate of drug-likeness (QED) is 0.655. The molecule has 0 unspecified atom stereocenters. The Morgan fingerprint density at radius 1 is 1.38 bits per heavy atom. The minimum atomic E-state index is -0.429. The highest BCUT2D eigenvalue weighted by Gasteiger charge is 2.08. The van der Waals surface area contributed by atoms with Gasteiger partial charge in [0, 0.05) is 18.2 Å². The number of hydrogen-bond acceptors (Lipinski definition) is 4. The van der Waals surface area contributed by atoms with E-state index >= 15 is 0 Å². The maximum absolute atomic E-state index is 13.5. The highest BCUT2D eigenvalue weighted by molar-refractivity contribution is 5.28. The molecule has 0 bridgehead atoms.